The van der Waals surface area contributed by atoms with E-state index < -0.39 is 11.9 Å². The van der Waals surface area contributed by atoms with E-state index in [1.165, 1.54) is 6.19 Å². The second-order valence-electron chi connectivity index (χ2n) is 1.55. The number of rotatable bonds is 4. The summed E-state index contributed by atoms with van der Waals surface area (Å²) in [6.07, 6.45) is 1.45. The van der Waals surface area contributed by atoms with Crippen molar-refractivity contribution in [3.8, 4) is 6.19 Å². The van der Waals surface area contributed by atoms with Gasteiger partial charge in [-0.2, -0.15) is 5.26 Å². The number of carbonyl (C=O) groups is 2. The van der Waals surface area contributed by atoms with Crippen LogP contribution in [0.25, 0.3) is 0 Å². The topological polar surface area (TPSA) is 90.2 Å². The van der Waals surface area contributed by atoms with E-state index in [4.69, 9.17) is 10.4 Å². The van der Waals surface area contributed by atoms with Crippen LogP contribution in [0.3, 0.4) is 0 Å². The van der Waals surface area contributed by atoms with E-state index in [0.717, 1.165) is 11.8 Å². The van der Waals surface area contributed by atoms with Crippen LogP contribution < -0.4 is 5.32 Å². The van der Waals surface area contributed by atoms with E-state index in [-0.39, 0.29) is 11.5 Å². The first-order chi connectivity index (χ1) is 5.16. The number of thioether (sulfide) groups is 1. The SMILES string of the molecule is N#CNC(=O)CSCC(=O)O. The average molecular weight is 174 g/mol. The molecular formula is C5H6N2O3S. The molecule has 0 bridgehead atoms. The number of nitrogens with zero attached hydrogens (tertiary/aromatic N) is 1. The van der Waals surface area contributed by atoms with Gasteiger partial charge in [0.25, 0.3) is 0 Å². The van der Waals surface area contributed by atoms with Gasteiger partial charge >= 0.3 is 5.97 Å². The maximum atomic E-state index is 10.5. The Hall–Kier alpha value is -1.22. The zero-order valence-electron chi connectivity index (χ0n) is 5.53. The molecule has 2 N–H and O–H groups in total. The Morgan fingerprint density at radius 2 is 2.18 bits per heavy atom. The van der Waals surface area contributed by atoms with Crippen LogP contribution in [-0.4, -0.2) is 28.5 Å². The van der Waals surface area contributed by atoms with Crippen LogP contribution >= 0.6 is 11.8 Å². The Labute approximate surface area is 67.4 Å². The molecule has 0 heterocycles. The number of carboxylic acids is 1. The van der Waals surface area contributed by atoms with E-state index in [2.05, 4.69) is 0 Å². The van der Waals surface area contributed by atoms with Gasteiger partial charge in [0.15, 0.2) is 6.19 Å². The summed E-state index contributed by atoms with van der Waals surface area (Å²) in [5.41, 5.74) is 0. The van der Waals surface area contributed by atoms with Crippen molar-refractivity contribution in [1.29, 1.82) is 5.26 Å². The van der Waals surface area contributed by atoms with Crippen molar-refractivity contribution in [2.24, 2.45) is 0 Å². The number of hydrogen-bond acceptors (Lipinski definition) is 4. The molecule has 5 nitrogen and oxygen atoms in total. The second kappa shape index (κ2) is 5.56. The molecule has 6 heteroatoms. The molecule has 0 aliphatic carbocycles. The van der Waals surface area contributed by atoms with Gasteiger partial charge in [0, 0.05) is 0 Å². The Morgan fingerprint density at radius 1 is 1.55 bits per heavy atom. The molecule has 0 aromatic carbocycles. The third-order valence-corrected chi connectivity index (χ3v) is 1.57. The monoisotopic (exact) mass is 174 g/mol. The fourth-order valence-corrected chi connectivity index (χ4v) is 0.864. The number of nitrogens with one attached hydrogen (secondary N) is 1. The minimum atomic E-state index is -0.972. The molecule has 11 heavy (non-hydrogen) atoms. The summed E-state index contributed by atoms with van der Waals surface area (Å²) < 4.78 is 0. The maximum absolute atomic E-state index is 10.5. The molecule has 0 aliphatic rings. The van der Waals surface area contributed by atoms with Gasteiger partial charge in [0.2, 0.25) is 5.91 Å². The lowest BCUT2D eigenvalue weighted by Gasteiger charge is -1.93. The van der Waals surface area contributed by atoms with Gasteiger partial charge in [-0.1, -0.05) is 0 Å². The smallest absolute Gasteiger partial charge is 0.313 e. The maximum Gasteiger partial charge on any atom is 0.313 e. The number of carboxylic acid groups (broad SMARTS) is 1. The molecule has 0 aliphatic heterocycles. The lowest BCUT2D eigenvalue weighted by molar-refractivity contribution is -0.133. The number of nitriles is 1. The second-order valence-corrected chi connectivity index (χ2v) is 2.53. The normalized spacial score (nSPS) is 8.27. The third kappa shape index (κ3) is 6.67. The zero-order chi connectivity index (χ0) is 8.69. The van der Waals surface area contributed by atoms with Gasteiger partial charge in [-0.3, -0.25) is 14.9 Å². The van der Waals surface area contributed by atoms with E-state index >= 15 is 0 Å². The molecule has 0 saturated heterocycles. The van der Waals surface area contributed by atoms with Crippen molar-refractivity contribution >= 4 is 23.6 Å². The van der Waals surface area contributed by atoms with Gasteiger partial charge in [0.05, 0.1) is 11.5 Å². The molecule has 60 valence electrons. The van der Waals surface area contributed by atoms with E-state index in [9.17, 15) is 9.59 Å². The standard InChI is InChI=1S/C5H6N2O3S/c6-3-7-4(8)1-11-2-5(9)10/h1-2H2,(H,7,8)(H,9,10). The molecule has 0 atom stereocenters. The third-order valence-electron chi connectivity index (χ3n) is 0.654. The summed E-state index contributed by atoms with van der Waals surface area (Å²) >= 11 is 0.947. The van der Waals surface area contributed by atoms with Crippen LogP contribution in [0, 0.1) is 11.5 Å². The summed E-state index contributed by atoms with van der Waals surface area (Å²) in [5.74, 6) is -1.57. The Balaban J connectivity index is 3.33. The first-order valence-electron chi connectivity index (χ1n) is 2.64. The molecule has 0 aromatic rings. The number of amides is 1. The Kier molecular flexibility index (Phi) is 4.94. The van der Waals surface area contributed by atoms with Gasteiger partial charge in [-0.15, -0.1) is 11.8 Å². The predicted octanol–water partition coefficient (Wildman–Crippen LogP) is -0.599. The van der Waals surface area contributed by atoms with Gasteiger partial charge in [-0.25, -0.2) is 0 Å². The molecule has 0 rings (SSSR count). The van der Waals surface area contributed by atoms with E-state index in [0.29, 0.717) is 0 Å². The Morgan fingerprint density at radius 3 is 2.64 bits per heavy atom. The molecule has 0 unspecified atom stereocenters. The first kappa shape index (κ1) is 9.78. The van der Waals surface area contributed by atoms with Crippen molar-refractivity contribution in [3.63, 3.8) is 0 Å². The highest BCUT2D eigenvalue weighted by Gasteiger charge is 2.01. The largest absolute Gasteiger partial charge is 0.481 e. The number of hydrogen-bond donors (Lipinski definition) is 2. The van der Waals surface area contributed by atoms with Crippen molar-refractivity contribution in [2.45, 2.75) is 0 Å². The molecule has 0 aromatic heterocycles. The fraction of sp³-hybridized carbons (Fsp3) is 0.400. The van der Waals surface area contributed by atoms with E-state index in [1.54, 1.807) is 0 Å². The van der Waals surface area contributed by atoms with Gasteiger partial charge in [0.1, 0.15) is 0 Å². The van der Waals surface area contributed by atoms with Crippen LogP contribution in [0.15, 0.2) is 0 Å². The molecule has 0 spiro atoms. The summed E-state index contributed by atoms with van der Waals surface area (Å²) in [6.45, 7) is 0. The molecule has 0 radical (unpaired) electrons. The average Bonchev–Trinajstić information content (AvgIpc) is 1.87. The Bertz CT molecular complexity index is 198. The van der Waals surface area contributed by atoms with Gasteiger partial charge in [-0.05, 0) is 0 Å². The highest BCUT2D eigenvalue weighted by Crippen LogP contribution is 1.97. The van der Waals surface area contributed by atoms with Crippen LogP contribution in [0.4, 0.5) is 0 Å². The minimum Gasteiger partial charge on any atom is -0.481 e. The zero-order valence-corrected chi connectivity index (χ0v) is 6.35. The van der Waals surface area contributed by atoms with Crippen LogP contribution in [0.2, 0.25) is 0 Å². The lowest BCUT2D eigenvalue weighted by Crippen LogP contribution is -2.20. The summed E-state index contributed by atoms with van der Waals surface area (Å²) in [4.78, 5) is 20.4. The first-order valence-corrected chi connectivity index (χ1v) is 3.79. The molecule has 0 saturated carbocycles. The van der Waals surface area contributed by atoms with Crippen LogP contribution in [0.1, 0.15) is 0 Å². The highest BCUT2D eigenvalue weighted by atomic mass is 32.2. The lowest BCUT2D eigenvalue weighted by atomic mass is 10.7. The quantitative estimate of drug-likeness (QED) is 0.438. The molecular weight excluding hydrogens is 168 g/mol. The molecule has 0 fully saturated rings. The van der Waals surface area contributed by atoms with Crippen molar-refractivity contribution in [2.75, 3.05) is 11.5 Å². The molecule has 1 amide bonds. The number of aliphatic carboxylic acids is 1. The van der Waals surface area contributed by atoms with Crippen LogP contribution in [0.5, 0.6) is 0 Å². The fourth-order valence-electron chi connectivity index (χ4n) is 0.329. The van der Waals surface area contributed by atoms with E-state index in [1.807, 2.05) is 5.32 Å². The van der Waals surface area contributed by atoms with Gasteiger partial charge < -0.3 is 5.11 Å². The van der Waals surface area contributed by atoms with Crippen LogP contribution in [-0.2, 0) is 9.59 Å². The summed E-state index contributed by atoms with van der Waals surface area (Å²) in [6, 6.07) is 0. The predicted molar refractivity (Wildman–Crippen MR) is 38.7 cm³/mol. The minimum absolute atomic E-state index is 0.000139. The summed E-state index contributed by atoms with van der Waals surface area (Å²) in [5, 5.41) is 17.9. The summed E-state index contributed by atoms with van der Waals surface area (Å²) in [7, 11) is 0. The van der Waals surface area contributed by atoms with Crippen molar-refractivity contribution in [1.82, 2.24) is 5.32 Å². The van der Waals surface area contributed by atoms with Crippen molar-refractivity contribution in [3.05, 3.63) is 0 Å². The van der Waals surface area contributed by atoms with Crippen molar-refractivity contribution < 1.29 is 14.7 Å². The highest BCUT2D eigenvalue weighted by molar-refractivity contribution is 8.00. The number of carbonyl (C=O) groups excluding carboxylic acids is 1.